The van der Waals surface area contributed by atoms with Crippen molar-refractivity contribution in [3.8, 4) is 20.5 Å². The zero-order chi connectivity index (χ0) is 17.4. The first kappa shape index (κ1) is 16.1. The van der Waals surface area contributed by atoms with Gasteiger partial charge in [-0.15, -0.1) is 22.7 Å². The van der Waals surface area contributed by atoms with Crippen molar-refractivity contribution < 1.29 is 13.9 Å². The number of thiazole rings is 1. The molecule has 0 N–H and O–H groups in total. The Morgan fingerprint density at radius 2 is 1.96 bits per heavy atom. The lowest BCUT2D eigenvalue weighted by atomic mass is 10.2. The predicted octanol–water partition coefficient (Wildman–Crippen LogP) is 5.77. The first-order chi connectivity index (χ1) is 12.2. The van der Waals surface area contributed by atoms with Gasteiger partial charge in [0, 0.05) is 5.39 Å². The molecule has 0 saturated heterocycles. The van der Waals surface area contributed by atoms with Crippen LogP contribution in [0.2, 0.25) is 0 Å². The Kier molecular flexibility index (Phi) is 4.15. The van der Waals surface area contributed by atoms with Crippen LogP contribution in [0.15, 0.2) is 46.9 Å². The van der Waals surface area contributed by atoms with Gasteiger partial charge in [-0.05, 0) is 38.1 Å². The van der Waals surface area contributed by atoms with Crippen molar-refractivity contribution in [3.05, 3.63) is 53.0 Å². The highest BCUT2D eigenvalue weighted by Crippen LogP contribution is 2.39. The summed E-state index contributed by atoms with van der Waals surface area (Å²) in [5.74, 6) is 0.536. The fourth-order valence-corrected chi connectivity index (χ4v) is 4.55. The molecule has 4 aromatic rings. The van der Waals surface area contributed by atoms with Crippen molar-refractivity contribution in [2.75, 3.05) is 6.61 Å². The quantitative estimate of drug-likeness (QED) is 0.429. The summed E-state index contributed by atoms with van der Waals surface area (Å²) < 4.78 is 11.0. The molecule has 0 radical (unpaired) electrons. The van der Waals surface area contributed by atoms with E-state index >= 15 is 0 Å². The maximum absolute atomic E-state index is 12.0. The minimum absolute atomic E-state index is 0.308. The molecular formula is C19H15NO3S2. The number of carbonyl (C=O) groups excluding carboxylic acids is 1. The lowest BCUT2D eigenvalue weighted by molar-refractivity contribution is 0.0531. The fraction of sp³-hybridized carbons (Fsp3) is 0.158. The van der Waals surface area contributed by atoms with E-state index in [1.165, 1.54) is 11.3 Å². The van der Waals surface area contributed by atoms with E-state index < -0.39 is 0 Å². The van der Waals surface area contributed by atoms with Gasteiger partial charge in [0.15, 0.2) is 0 Å². The lowest BCUT2D eigenvalue weighted by Gasteiger charge is -1.97. The van der Waals surface area contributed by atoms with Crippen molar-refractivity contribution in [2.45, 2.75) is 13.8 Å². The first-order valence-corrected chi connectivity index (χ1v) is 9.52. The van der Waals surface area contributed by atoms with Gasteiger partial charge in [-0.1, -0.05) is 18.2 Å². The number of para-hydroxylation sites is 1. The van der Waals surface area contributed by atoms with Crippen molar-refractivity contribution in [3.63, 3.8) is 0 Å². The van der Waals surface area contributed by atoms with E-state index in [1.807, 2.05) is 49.4 Å². The van der Waals surface area contributed by atoms with Crippen molar-refractivity contribution in [2.24, 2.45) is 0 Å². The Morgan fingerprint density at radius 3 is 2.76 bits per heavy atom. The molecule has 0 saturated carbocycles. The number of carbonyl (C=O) groups is 1. The third kappa shape index (κ3) is 2.99. The van der Waals surface area contributed by atoms with E-state index in [-0.39, 0.29) is 5.97 Å². The van der Waals surface area contributed by atoms with Crippen LogP contribution in [0.5, 0.6) is 0 Å². The van der Waals surface area contributed by atoms with Gasteiger partial charge in [-0.3, -0.25) is 0 Å². The average Bonchev–Trinajstić information content (AvgIpc) is 3.31. The molecule has 0 aliphatic heterocycles. The second-order valence-corrected chi connectivity index (χ2v) is 7.55. The molecule has 1 aromatic carbocycles. The number of thiophene rings is 1. The Morgan fingerprint density at radius 1 is 1.16 bits per heavy atom. The van der Waals surface area contributed by atoms with Crippen LogP contribution in [-0.4, -0.2) is 17.6 Å². The van der Waals surface area contributed by atoms with Gasteiger partial charge >= 0.3 is 5.97 Å². The molecule has 126 valence electrons. The monoisotopic (exact) mass is 369 g/mol. The Hall–Kier alpha value is -2.44. The summed E-state index contributed by atoms with van der Waals surface area (Å²) in [5, 5.41) is 1.91. The number of hydrogen-bond donors (Lipinski definition) is 0. The van der Waals surface area contributed by atoms with Gasteiger partial charge in [0.2, 0.25) is 0 Å². The van der Waals surface area contributed by atoms with Crippen LogP contribution in [0.4, 0.5) is 0 Å². The molecule has 0 amide bonds. The van der Waals surface area contributed by atoms with E-state index in [2.05, 4.69) is 4.98 Å². The number of fused-ring (bicyclic) bond motifs is 1. The maximum Gasteiger partial charge on any atom is 0.350 e. The van der Waals surface area contributed by atoms with E-state index in [0.29, 0.717) is 17.2 Å². The van der Waals surface area contributed by atoms with Crippen LogP contribution < -0.4 is 0 Å². The van der Waals surface area contributed by atoms with Gasteiger partial charge in [0.25, 0.3) is 0 Å². The van der Waals surface area contributed by atoms with Crippen LogP contribution in [-0.2, 0) is 4.74 Å². The molecule has 0 unspecified atom stereocenters. The summed E-state index contributed by atoms with van der Waals surface area (Å²) in [6.07, 6.45) is 0. The number of ether oxygens (including phenoxy) is 1. The number of nitrogens with zero attached hydrogens (tertiary/aromatic N) is 1. The topological polar surface area (TPSA) is 52.3 Å². The molecular weight excluding hydrogens is 354 g/mol. The van der Waals surface area contributed by atoms with E-state index in [1.54, 1.807) is 18.3 Å². The molecule has 0 atom stereocenters. The number of aryl methyl sites for hydroxylation is 1. The van der Waals surface area contributed by atoms with Gasteiger partial charge in [0.05, 0.1) is 22.1 Å². The largest absolute Gasteiger partial charge is 0.462 e. The van der Waals surface area contributed by atoms with E-state index in [0.717, 1.165) is 31.5 Å². The number of aromatic nitrogens is 1. The molecule has 0 fully saturated rings. The molecule has 3 heterocycles. The Bertz CT molecular complexity index is 1020. The summed E-state index contributed by atoms with van der Waals surface area (Å²) in [6.45, 7) is 3.99. The normalized spacial score (nSPS) is 11.1. The molecule has 3 aromatic heterocycles. The van der Waals surface area contributed by atoms with E-state index in [4.69, 9.17) is 9.15 Å². The average molecular weight is 369 g/mol. The molecule has 4 nitrogen and oxygen atoms in total. The third-order valence-corrected chi connectivity index (χ3v) is 6.15. The fourth-order valence-electron chi connectivity index (χ4n) is 2.58. The van der Waals surface area contributed by atoms with Gasteiger partial charge in [0.1, 0.15) is 21.2 Å². The number of hydrogen-bond acceptors (Lipinski definition) is 6. The predicted molar refractivity (Wildman–Crippen MR) is 101 cm³/mol. The van der Waals surface area contributed by atoms with E-state index in [9.17, 15) is 4.79 Å². The molecule has 4 rings (SSSR count). The number of benzene rings is 1. The van der Waals surface area contributed by atoms with Crippen LogP contribution in [0.3, 0.4) is 0 Å². The maximum atomic E-state index is 12.0. The third-order valence-electron chi connectivity index (χ3n) is 3.74. The molecule has 0 spiro atoms. The molecule has 6 heteroatoms. The lowest BCUT2D eigenvalue weighted by Crippen LogP contribution is -2.03. The smallest absolute Gasteiger partial charge is 0.350 e. The Labute approximate surface area is 152 Å². The standard InChI is InChI=1S/C19H15NO3S2/c1-3-22-19(21)17-11(2)20-18(25-17)16-9-8-15(24-16)14-10-12-6-4-5-7-13(12)23-14/h4-10H,3H2,1-2H3. The molecule has 25 heavy (non-hydrogen) atoms. The highest BCUT2D eigenvalue weighted by molar-refractivity contribution is 7.24. The number of furan rings is 1. The van der Waals surface area contributed by atoms with Crippen molar-refractivity contribution >= 4 is 39.6 Å². The summed E-state index contributed by atoms with van der Waals surface area (Å²) >= 11 is 2.97. The van der Waals surface area contributed by atoms with Gasteiger partial charge in [-0.25, -0.2) is 9.78 Å². The molecule has 0 bridgehead atoms. The van der Waals surface area contributed by atoms with Crippen LogP contribution in [0.25, 0.3) is 31.5 Å². The summed E-state index contributed by atoms with van der Waals surface area (Å²) in [5.41, 5.74) is 1.58. The summed E-state index contributed by atoms with van der Waals surface area (Å²) in [4.78, 5) is 19.1. The zero-order valence-electron chi connectivity index (χ0n) is 13.7. The molecule has 0 aliphatic rings. The Balaban J connectivity index is 1.67. The molecule has 0 aliphatic carbocycles. The second-order valence-electron chi connectivity index (χ2n) is 5.47. The zero-order valence-corrected chi connectivity index (χ0v) is 15.4. The summed E-state index contributed by atoms with van der Waals surface area (Å²) in [7, 11) is 0. The van der Waals surface area contributed by atoms with Gasteiger partial charge in [-0.2, -0.15) is 0 Å². The van der Waals surface area contributed by atoms with Crippen LogP contribution >= 0.6 is 22.7 Å². The number of esters is 1. The van der Waals surface area contributed by atoms with Gasteiger partial charge < -0.3 is 9.15 Å². The van der Waals surface area contributed by atoms with Crippen LogP contribution in [0.1, 0.15) is 22.3 Å². The van der Waals surface area contributed by atoms with Crippen molar-refractivity contribution in [1.29, 1.82) is 0 Å². The highest BCUT2D eigenvalue weighted by Gasteiger charge is 2.18. The first-order valence-electron chi connectivity index (χ1n) is 7.89. The summed E-state index contributed by atoms with van der Waals surface area (Å²) in [6, 6.07) is 14.0. The van der Waals surface area contributed by atoms with Crippen LogP contribution in [0, 0.1) is 6.92 Å². The second kappa shape index (κ2) is 6.46. The minimum atomic E-state index is -0.308. The SMILES string of the molecule is CCOC(=O)c1sc(-c2ccc(-c3cc4ccccc4o3)s2)nc1C. The van der Waals surface area contributed by atoms with Crippen molar-refractivity contribution in [1.82, 2.24) is 4.98 Å². The highest BCUT2D eigenvalue weighted by atomic mass is 32.1. The number of rotatable bonds is 4. The minimum Gasteiger partial charge on any atom is -0.462 e.